The van der Waals surface area contributed by atoms with E-state index in [1.807, 2.05) is 17.0 Å². The second kappa shape index (κ2) is 6.82. The van der Waals surface area contributed by atoms with Crippen molar-refractivity contribution in [2.45, 2.75) is 37.5 Å². The number of rotatable bonds is 4. The summed E-state index contributed by atoms with van der Waals surface area (Å²) >= 11 is 1.74. The molecule has 0 unspecified atom stereocenters. The van der Waals surface area contributed by atoms with Crippen molar-refractivity contribution in [1.29, 1.82) is 0 Å². The zero-order valence-corrected chi connectivity index (χ0v) is 14.0. The number of carbonyl (C=O) groups is 1. The molecule has 2 heterocycles. The third kappa shape index (κ3) is 3.19. The molecule has 1 saturated heterocycles. The van der Waals surface area contributed by atoms with Crippen LogP contribution in [-0.2, 0) is 4.79 Å². The van der Waals surface area contributed by atoms with Crippen molar-refractivity contribution in [1.82, 2.24) is 4.90 Å². The van der Waals surface area contributed by atoms with Crippen molar-refractivity contribution in [3.8, 4) is 11.5 Å². The molecular formula is C17H23NO3S. The van der Waals surface area contributed by atoms with Crippen molar-refractivity contribution in [2.75, 3.05) is 26.0 Å². The van der Waals surface area contributed by atoms with Gasteiger partial charge in [-0.3, -0.25) is 4.79 Å². The van der Waals surface area contributed by atoms with Crippen molar-refractivity contribution >= 4 is 17.7 Å². The van der Waals surface area contributed by atoms with Gasteiger partial charge in [-0.15, -0.1) is 0 Å². The third-order valence-corrected chi connectivity index (χ3v) is 5.36. The highest BCUT2D eigenvalue weighted by atomic mass is 32.2. The molecule has 0 radical (unpaired) electrons. The molecule has 120 valence electrons. The van der Waals surface area contributed by atoms with Crippen LogP contribution in [-0.4, -0.2) is 42.1 Å². The standard InChI is InChI=1S/C17H23NO3S/c1-12(22-2)10-17(19)18-7-3-4-14(18)13-5-6-15-16(11-13)21-9-8-20-15/h5-6,11-12,14H,3-4,7-10H2,1-2H3/t12-,14+/m1/s1. The molecule has 0 aromatic heterocycles. The summed E-state index contributed by atoms with van der Waals surface area (Å²) in [7, 11) is 0. The minimum absolute atomic E-state index is 0.178. The number of hydrogen-bond donors (Lipinski definition) is 0. The van der Waals surface area contributed by atoms with Gasteiger partial charge in [0.25, 0.3) is 0 Å². The largest absolute Gasteiger partial charge is 0.486 e. The van der Waals surface area contributed by atoms with E-state index in [-0.39, 0.29) is 11.9 Å². The van der Waals surface area contributed by atoms with Crippen molar-refractivity contribution in [3.63, 3.8) is 0 Å². The Labute approximate surface area is 136 Å². The molecule has 0 saturated carbocycles. The Morgan fingerprint density at radius 1 is 1.36 bits per heavy atom. The van der Waals surface area contributed by atoms with Crippen LogP contribution in [0.3, 0.4) is 0 Å². The Kier molecular flexibility index (Phi) is 4.81. The van der Waals surface area contributed by atoms with E-state index < -0.39 is 0 Å². The van der Waals surface area contributed by atoms with Crippen LogP contribution in [0.5, 0.6) is 11.5 Å². The number of benzene rings is 1. The monoisotopic (exact) mass is 321 g/mol. The summed E-state index contributed by atoms with van der Waals surface area (Å²) in [5, 5.41) is 0.369. The molecule has 3 rings (SSSR count). The van der Waals surface area contributed by atoms with E-state index in [4.69, 9.17) is 9.47 Å². The Bertz CT molecular complexity index is 549. The van der Waals surface area contributed by atoms with Gasteiger partial charge < -0.3 is 14.4 Å². The van der Waals surface area contributed by atoms with Gasteiger partial charge >= 0.3 is 0 Å². The summed E-state index contributed by atoms with van der Waals surface area (Å²) in [6, 6.07) is 6.26. The molecule has 0 N–H and O–H groups in total. The van der Waals surface area contributed by atoms with E-state index in [0.29, 0.717) is 24.9 Å². The van der Waals surface area contributed by atoms with E-state index >= 15 is 0 Å². The minimum Gasteiger partial charge on any atom is -0.486 e. The van der Waals surface area contributed by atoms with Gasteiger partial charge in [0, 0.05) is 18.2 Å². The quantitative estimate of drug-likeness (QED) is 0.853. The maximum Gasteiger partial charge on any atom is 0.224 e. The maximum atomic E-state index is 12.5. The molecule has 5 heteroatoms. The number of nitrogens with zero attached hydrogens (tertiary/aromatic N) is 1. The molecule has 1 aromatic carbocycles. The molecule has 0 bridgehead atoms. The lowest BCUT2D eigenvalue weighted by Gasteiger charge is -2.27. The molecule has 1 fully saturated rings. The maximum absolute atomic E-state index is 12.5. The molecule has 1 aromatic rings. The molecular weight excluding hydrogens is 298 g/mol. The summed E-state index contributed by atoms with van der Waals surface area (Å²) in [5.41, 5.74) is 1.16. The summed E-state index contributed by atoms with van der Waals surface area (Å²) in [4.78, 5) is 14.6. The SMILES string of the molecule is CS[C@H](C)CC(=O)N1CCC[C@H]1c1ccc2c(c1)OCCO2. The Morgan fingerprint density at radius 3 is 2.91 bits per heavy atom. The van der Waals surface area contributed by atoms with E-state index in [1.165, 1.54) is 0 Å². The second-order valence-electron chi connectivity index (χ2n) is 5.90. The molecule has 22 heavy (non-hydrogen) atoms. The smallest absolute Gasteiger partial charge is 0.224 e. The molecule has 4 nitrogen and oxygen atoms in total. The van der Waals surface area contributed by atoms with Crippen LogP contribution in [0.1, 0.15) is 37.8 Å². The first-order valence-corrected chi connectivity index (χ1v) is 9.19. The minimum atomic E-state index is 0.178. The highest BCUT2D eigenvalue weighted by Crippen LogP contribution is 2.38. The number of carbonyl (C=O) groups excluding carboxylic acids is 1. The van der Waals surface area contributed by atoms with Crippen LogP contribution in [0.15, 0.2) is 18.2 Å². The first-order valence-electron chi connectivity index (χ1n) is 7.91. The van der Waals surface area contributed by atoms with Gasteiger partial charge in [0.15, 0.2) is 11.5 Å². The average Bonchev–Trinajstić information content (AvgIpc) is 3.04. The van der Waals surface area contributed by atoms with E-state index in [9.17, 15) is 4.79 Å². The highest BCUT2D eigenvalue weighted by molar-refractivity contribution is 7.99. The lowest BCUT2D eigenvalue weighted by atomic mass is 10.0. The fraction of sp³-hybridized carbons (Fsp3) is 0.588. The van der Waals surface area contributed by atoms with Crippen molar-refractivity contribution < 1.29 is 14.3 Å². The summed E-state index contributed by atoms with van der Waals surface area (Å²) < 4.78 is 11.2. The third-order valence-electron chi connectivity index (χ3n) is 4.39. The first-order chi connectivity index (χ1) is 10.7. The topological polar surface area (TPSA) is 38.8 Å². The fourth-order valence-corrected chi connectivity index (χ4v) is 3.43. The van der Waals surface area contributed by atoms with Crippen LogP contribution < -0.4 is 9.47 Å². The Balaban J connectivity index is 1.76. The lowest BCUT2D eigenvalue weighted by Crippen LogP contribution is -2.32. The van der Waals surface area contributed by atoms with Gasteiger partial charge in [-0.25, -0.2) is 0 Å². The van der Waals surface area contributed by atoms with E-state index in [0.717, 1.165) is 36.4 Å². The van der Waals surface area contributed by atoms with Gasteiger partial charge in [0.2, 0.25) is 5.91 Å². The van der Waals surface area contributed by atoms with Crippen LogP contribution in [0.4, 0.5) is 0 Å². The zero-order chi connectivity index (χ0) is 15.5. The van der Waals surface area contributed by atoms with Gasteiger partial charge in [-0.1, -0.05) is 13.0 Å². The molecule has 2 aliphatic heterocycles. The number of fused-ring (bicyclic) bond motifs is 1. The summed E-state index contributed by atoms with van der Waals surface area (Å²) in [6.07, 6.45) is 4.76. The molecule has 0 aliphatic carbocycles. The summed E-state index contributed by atoms with van der Waals surface area (Å²) in [6.45, 7) is 4.17. The van der Waals surface area contributed by atoms with Crippen molar-refractivity contribution in [3.05, 3.63) is 23.8 Å². The first kappa shape index (κ1) is 15.5. The Morgan fingerprint density at radius 2 is 2.14 bits per heavy atom. The predicted octanol–water partition coefficient (Wildman–Crippen LogP) is 3.26. The van der Waals surface area contributed by atoms with Gasteiger partial charge in [0.1, 0.15) is 13.2 Å². The molecule has 2 aliphatic rings. The van der Waals surface area contributed by atoms with Gasteiger partial charge in [-0.2, -0.15) is 11.8 Å². The van der Waals surface area contributed by atoms with E-state index in [1.54, 1.807) is 11.8 Å². The second-order valence-corrected chi connectivity index (χ2v) is 7.17. The van der Waals surface area contributed by atoms with Crippen LogP contribution >= 0.6 is 11.8 Å². The average molecular weight is 321 g/mol. The van der Waals surface area contributed by atoms with Crippen molar-refractivity contribution in [2.24, 2.45) is 0 Å². The molecule has 1 amide bonds. The lowest BCUT2D eigenvalue weighted by molar-refractivity contribution is -0.132. The van der Waals surface area contributed by atoms with Crippen LogP contribution in [0.2, 0.25) is 0 Å². The summed E-state index contributed by atoms with van der Waals surface area (Å²) in [5.74, 6) is 1.88. The van der Waals surface area contributed by atoms with E-state index in [2.05, 4.69) is 19.2 Å². The number of hydrogen-bond acceptors (Lipinski definition) is 4. The zero-order valence-electron chi connectivity index (χ0n) is 13.2. The fourth-order valence-electron chi connectivity index (χ4n) is 3.13. The number of amides is 1. The highest BCUT2D eigenvalue weighted by Gasteiger charge is 2.31. The normalized spacial score (nSPS) is 21.7. The molecule has 0 spiro atoms. The number of thioether (sulfide) groups is 1. The number of likely N-dealkylation sites (tertiary alicyclic amines) is 1. The molecule has 2 atom stereocenters. The van der Waals surface area contributed by atoms with Gasteiger partial charge in [-0.05, 0) is 36.8 Å². The predicted molar refractivity (Wildman–Crippen MR) is 88.7 cm³/mol. The number of ether oxygens (including phenoxy) is 2. The Hall–Kier alpha value is -1.36. The van der Waals surface area contributed by atoms with Crippen LogP contribution in [0.25, 0.3) is 0 Å². The van der Waals surface area contributed by atoms with Gasteiger partial charge in [0.05, 0.1) is 6.04 Å². The van der Waals surface area contributed by atoms with Crippen LogP contribution in [0, 0.1) is 0 Å².